The van der Waals surface area contributed by atoms with Crippen molar-refractivity contribution in [3.05, 3.63) is 83.9 Å². The first-order valence-electron chi connectivity index (χ1n) is 8.99. The molecule has 0 bridgehead atoms. The van der Waals surface area contributed by atoms with Gasteiger partial charge in [-0.05, 0) is 35.4 Å². The van der Waals surface area contributed by atoms with Crippen LogP contribution in [0.4, 0.5) is 0 Å². The van der Waals surface area contributed by atoms with Crippen molar-refractivity contribution in [2.45, 2.75) is 11.9 Å². The third-order valence-corrected chi connectivity index (χ3v) is 5.38. The average molecular weight is 385 g/mol. The van der Waals surface area contributed by atoms with Gasteiger partial charge in [0.25, 0.3) is 0 Å². The molecule has 4 nitrogen and oxygen atoms in total. The van der Waals surface area contributed by atoms with E-state index in [0.29, 0.717) is 0 Å². The predicted molar refractivity (Wildman–Crippen MR) is 117 cm³/mol. The number of aryl methyl sites for hydroxylation is 1. The first-order chi connectivity index (χ1) is 13.7. The van der Waals surface area contributed by atoms with Crippen LogP contribution in [-0.2, 0) is 4.79 Å². The van der Waals surface area contributed by atoms with Crippen molar-refractivity contribution < 1.29 is 4.79 Å². The molecule has 1 heterocycles. The predicted octanol–water partition coefficient (Wildman–Crippen LogP) is 4.94. The number of thioether (sulfide) groups is 1. The highest BCUT2D eigenvalue weighted by Gasteiger charge is 2.06. The molecule has 0 aliphatic carbocycles. The minimum Gasteiger partial charge on any atom is -0.272 e. The van der Waals surface area contributed by atoms with Crippen LogP contribution in [0.25, 0.3) is 21.7 Å². The number of aromatic nitrogens is 1. The second-order valence-corrected chi connectivity index (χ2v) is 7.44. The minimum atomic E-state index is -0.158. The van der Waals surface area contributed by atoms with Crippen LogP contribution in [0.1, 0.15) is 11.1 Å². The average Bonchev–Trinajstić information content (AvgIpc) is 2.72. The van der Waals surface area contributed by atoms with E-state index in [1.165, 1.54) is 11.8 Å². The first kappa shape index (κ1) is 18.2. The Morgan fingerprint density at radius 2 is 1.79 bits per heavy atom. The number of amides is 1. The Morgan fingerprint density at radius 3 is 2.68 bits per heavy atom. The lowest BCUT2D eigenvalue weighted by Crippen LogP contribution is -2.19. The van der Waals surface area contributed by atoms with E-state index in [4.69, 9.17) is 0 Å². The topological polar surface area (TPSA) is 54.4 Å². The van der Waals surface area contributed by atoms with Gasteiger partial charge in [-0.3, -0.25) is 4.79 Å². The Bertz CT molecular complexity index is 1180. The van der Waals surface area contributed by atoms with Crippen LogP contribution in [0.2, 0.25) is 0 Å². The monoisotopic (exact) mass is 385 g/mol. The molecule has 0 atom stereocenters. The van der Waals surface area contributed by atoms with Crippen LogP contribution in [-0.4, -0.2) is 22.9 Å². The van der Waals surface area contributed by atoms with Crippen LogP contribution in [0, 0.1) is 6.92 Å². The minimum absolute atomic E-state index is 0.158. The third-order valence-electron chi connectivity index (χ3n) is 4.47. The van der Waals surface area contributed by atoms with Crippen molar-refractivity contribution in [1.82, 2.24) is 10.4 Å². The lowest BCUT2D eigenvalue weighted by atomic mass is 10.1. The fraction of sp³-hybridized carbons (Fsp3) is 0.0870. The van der Waals surface area contributed by atoms with E-state index in [-0.39, 0.29) is 11.7 Å². The molecule has 28 heavy (non-hydrogen) atoms. The summed E-state index contributed by atoms with van der Waals surface area (Å²) in [5.74, 6) is 0.103. The van der Waals surface area contributed by atoms with E-state index in [1.54, 1.807) is 6.21 Å². The summed E-state index contributed by atoms with van der Waals surface area (Å²) in [4.78, 5) is 16.8. The van der Waals surface area contributed by atoms with E-state index in [9.17, 15) is 4.79 Å². The number of carbonyl (C=O) groups is 1. The van der Waals surface area contributed by atoms with Crippen LogP contribution < -0.4 is 5.43 Å². The number of hydrogen-bond acceptors (Lipinski definition) is 4. The molecule has 1 aromatic heterocycles. The zero-order valence-corrected chi connectivity index (χ0v) is 16.2. The van der Waals surface area contributed by atoms with Gasteiger partial charge in [0.05, 0.1) is 22.5 Å². The van der Waals surface area contributed by atoms with Crippen LogP contribution >= 0.6 is 11.8 Å². The molecule has 0 aliphatic rings. The molecule has 4 aromatic rings. The Balaban J connectivity index is 1.39. The molecule has 138 valence electrons. The Labute approximate surface area is 167 Å². The largest absolute Gasteiger partial charge is 0.272 e. The van der Waals surface area contributed by atoms with Gasteiger partial charge in [-0.25, -0.2) is 10.4 Å². The fourth-order valence-corrected chi connectivity index (χ4v) is 3.87. The highest BCUT2D eigenvalue weighted by atomic mass is 32.2. The van der Waals surface area contributed by atoms with Gasteiger partial charge >= 0.3 is 0 Å². The maximum Gasteiger partial charge on any atom is 0.250 e. The maximum atomic E-state index is 12.1. The second-order valence-electron chi connectivity index (χ2n) is 6.44. The molecule has 0 spiro atoms. The zero-order chi connectivity index (χ0) is 19.3. The smallest absolute Gasteiger partial charge is 0.250 e. The van der Waals surface area contributed by atoms with Gasteiger partial charge in [0.1, 0.15) is 0 Å². The number of nitrogens with zero attached hydrogens (tertiary/aromatic N) is 2. The van der Waals surface area contributed by atoms with Crippen molar-refractivity contribution in [3.63, 3.8) is 0 Å². The summed E-state index contributed by atoms with van der Waals surface area (Å²) >= 11 is 1.41. The van der Waals surface area contributed by atoms with Crippen LogP contribution in [0.5, 0.6) is 0 Å². The molecule has 0 unspecified atom stereocenters. The number of fused-ring (bicyclic) bond motifs is 2. The quantitative estimate of drug-likeness (QED) is 0.301. The molecule has 0 fully saturated rings. The number of benzene rings is 3. The van der Waals surface area contributed by atoms with Crippen molar-refractivity contribution in [1.29, 1.82) is 0 Å². The number of carbonyl (C=O) groups excluding carboxylic acids is 1. The van der Waals surface area contributed by atoms with Gasteiger partial charge in [-0.1, -0.05) is 72.4 Å². The summed E-state index contributed by atoms with van der Waals surface area (Å²) in [5, 5.41) is 8.34. The second kappa shape index (κ2) is 8.23. The number of rotatable bonds is 5. The van der Waals surface area contributed by atoms with Gasteiger partial charge in [0, 0.05) is 10.9 Å². The highest BCUT2D eigenvalue weighted by Crippen LogP contribution is 2.23. The highest BCUT2D eigenvalue weighted by molar-refractivity contribution is 7.99. The molecule has 0 radical (unpaired) electrons. The van der Waals surface area contributed by atoms with E-state index in [1.807, 2.05) is 54.6 Å². The number of nitrogens with one attached hydrogen (secondary N) is 1. The molecular formula is C23H19N3OS. The van der Waals surface area contributed by atoms with Gasteiger partial charge in [-0.2, -0.15) is 5.10 Å². The SMILES string of the molecule is Cc1cc(SCC(=O)NN=Cc2cccc3ccccc23)nc2ccccc12. The molecule has 3 aromatic carbocycles. The third kappa shape index (κ3) is 4.05. The molecule has 0 saturated heterocycles. The van der Waals surface area contributed by atoms with Crippen molar-refractivity contribution >= 4 is 45.6 Å². The number of hydrazone groups is 1. The lowest BCUT2D eigenvalue weighted by molar-refractivity contribution is -0.118. The molecule has 4 rings (SSSR count). The molecule has 1 amide bonds. The van der Waals surface area contributed by atoms with Crippen molar-refractivity contribution in [3.8, 4) is 0 Å². The Hall–Kier alpha value is -3.18. The molecule has 1 N–H and O–H groups in total. The maximum absolute atomic E-state index is 12.1. The summed E-state index contributed by atoms with van der Waals surface area (Å²) < 4.78 is 0. The summed E-state index contributed by atoms with van der Waals surface area (Å²) in [6.45, 7) is 2.06. The normalized spacial score (nSPS) is 11.3. The molecule has 5 heteroatoms. The summed E-state index contributed by atoms with van der Waals surface area (Å²) in [5.41, 5.74) is 5.67. The number of hydrogen-bond donors (Lipinski definition) is 1. The summed E-state index contributed by atoms with van der Waals surface area (Å²) in [7, 11) is 0. The molecule has 0 saturated carbocycles. The molecule has 0 aliphatic heterocycles. The van der Waals surface area contributed by atoms with Crippen molar-refractivity contribution in [2.75, 3.05) is 5.75 Å². The number of pyridine rings is 1. The lowest BCUT2D eigenvalue weighted by Gasteiger charge is -2.06. The van der Waals surface area contributed by atoms with E-state index in [2.05, 4.69) is 40.6 Å². The van der Waals surface area contributed by atoms with Gasteiger partial charge < -0.3 is 0 Å². The summed E-state index contributed by atoms with van der Waals surface area (Å²) in [6.07, 6.45) is 1.68. The van der Waals surface area contributed by atoms with E-state index >= 15 is 0 Å². The molecular weight excluding hydrogens is 366 g/mol. The van der Waals surface area contributed by atoms with Crippen LogP contribution in [0.3, 0.4) is 0 Å². The van der Waals surface area contributed by atoms with Crippen LogP contribution in [0.15, 0.2) is 82.9 Å². The Morgan fingerprint density at radius 1 is 1.04 bits per heavy atom. The van der Waals surface area contributed by atoms with E-state index in [0.717, 1.165) is 37.8 Å². The fourth-order valence-electron chi connectivity index (χ4n) is 3.10. The van der Waals surface area contributed by atoms with Crippen molar-refractivity contribution in [2.24, 2.45) is 5.10 Å². The van der Waals surface area contributed by atoms with Gasteiger partial charge in [0.15, 0.2) is 0 Å². The van der Waals surface area contributed by atoms with Gasteiger partial charge in [-0.15, -0.1) is 0 Å². The van der Waals surface area contributed by atoms with E-state index < -0.39 is 0 Å². The van der Waals surface area contributed by atoms with Gasteiger partial charge in [0.2, 0.25) is 5.91 Å². The standard InChI is InChI=1S/C23H19N3OS/c1-16-13-23(25-21-12-5-4-10-19(16)21)28-15-22(27)26-24-14-18-9-6-8-17-7-2-3-11-20(17)18/h2-14H,15H2,1H3,(H,26,27). The number of para-hydroxylation sites is 1. The first-order valence-corrected chi connectivity index (χ1v) is 9.98. The zero-order valence-electron chi connectivity index (χ0n) is 15.4. The Kier molecular flexibility index (Phi) is 5.35. The summed E-state index contributed by atoms with van der Waals surface area (Å²) in [6, 6.07) is 24.1.